The quantitative estimate of drug-likeness (QED) is 0.652. The van der Waals surface area contributed by atoms with Gasteiger partial charge in [0.05, 0.1) is 12.7 Å². The summed E-state index contributed by atoms with van der Waals surface area (Å²) in [5.74, 6) is 0.182. The molecule has 0 radical (unpaired) electrons. The van der Waals surface area contributed by atoms with E-state index in [2.05, 4.69) is 11.9 Å². The van der Waals surface area contributed by atoms with E-state index in [0.29, 0.717) is 13.0 Å². The fourth-order valence-electron chi connectivity index (χ4n) is 1.65. The summed E-state index contributed by atoms with van der Waals surface area (Å²) >= 11 is 0. The number of likely N-dealkylation sites (N-methyl/N-ethyl adjacent to an activating group) is 2. The summed E-state index contributed by atoms with van der Waals surface area (Å²) in [6.07, 6.45) is 0.744. The van der Waals surface area contributed by atoms with Crippen LogP contribution >= 0.6 is 0 Å². The summed E-state index contributed by atoms with van der Waals surface area (Å²) < 4.78 is 5.58. The van der Waals surface area contributed by atoms with Crippen LogP contribution in [0.4, 0.5) is 0 Å². The molecule has 0 N–H and O–H groups in total. The predicted octanol–water partition coefficient (Wildman–Crippen LogP) is 0.185. The molecule has 0 saturated carbocycles. The summed E-state index contributed by atoms with van der Waals surface area (Å²) in [6.45, 7) is 5.27. The van der Waals surface area contributed by atoms with Gasteiger partial charge < -0.3 is 14.5 Å². The van der Waals surface area contributed by atoms with Crippen molar-refractivity contribution in [1.82, 2.24) is 9.80 Å². The van der Waals surface area contributed by atoms with Crippen LogP contribution < -0.4 is 0 Å². The van der Waals surface area contributed by atoms with Gasteiger partial charge >= 0.3 is 0 Å². The molecular formula is C10H20N2O2. The van der Waals surface area contributed by atoms with Gasteiger partial charge in [-0.1, -0.05) is 6.92 Å². The highest BCUT2D eigenvalue weighted by Gasteiger charge is 2.20. The van der Waals surface area contributed by atoms with Crippen molar-refractivity contribution in [2.75, 3.05) is 40.3 Å². The molecule has 1 amide bonds. The zero-order chi connectivity index (χ0) is 10.6. The van der Waals surface area contributed by atoms with Gasteiger partial charge in [-0.15, -0.1) is 0 Å². The van der Waals surface area contributed by atoms with Gasteiger partial charge in [0.15, 0.2) is 0 Å². The van der Waals surface area contributed by atoms with Crippen molar-refractivity contribution >= 4 is 5.91 Å². The minimum Gasteiger partial charge on any atom is -0.374 e. The van der Waals surface area contributed by atoms with E-state index in [4.69, 9.17) is 4.74 Å². The average Bonchev–Trinajstić information content (AvgIpc) is 2.16. The second kappa shape index (κ2) is 5.32. The van der Waals surface area contributed by atoms with Crippen molar-refractivity contribution in [3.05, 3.63) is 0 Å². The predicted molar refractivity (Wildman–Crippen MR) is 55.2 cm³/mol. The summed E-state index contributed by atoms with van der Waals surface area (Å²) in [5.41, 5.74) is 0. The molecule has 1 heterocycles. The zero-order valence-electron chi connectivity index (χ0n) is 9.32. The number of nitrogens with zero attached hydrogens (tertiary/aromatic N) is 2. The fourth-order valence-corrected chi connectivity index (χ4v) is 1.65. The second-order valence-corrected chi connectivity index (χ2v) is 3.88. The minimum absolute atomic E-state index is 0.175. The Morgan fingerprint density at radius 2 is 2.36 bits per heavy atom. The Hall–Kier alpha value is -0.610. The van der Waals surface area contributed by atoms with E-state index in [-0.39, 0.29) is 12.0 Å². The van der Waals surface area contributed by atoms with Crippen LogP contribution in [0.1, 0.15) is 13.3 Å². The molecule has 0 aliphatic carbocycles. The first-order valence-electron chi connectivity index (χ1n) is 5.17. The Balaban J connectivity index is 2.32. The summed E-state index contributed by atoms with van der Waals surface area (Å²) in [5, 5.41) is 0. The Bertz CT molecular complexity index is 197. The summed E-state index contributed by atoms with van der Waals surface area (Å²) in [4.78, 5) is 15.3. The molecule has 0 bridgehead atoms. The lowest BCUT2D eigenvalue weighted by Gasteiger charge is -2.32. The van der Waals surface area contributed by atoms with Crippen LogP contribution in [0.25, 0.3) is 0 Å². The van der Waals surface area contributed by atoms with Gasteiger partial charge in [-0.25, -0.2) is 0 Å². The second-order valence-electron chi connectivity index (χ2n) is 3.88. The maximum Gasteiger partial charge on any atom is 0.222 e. The summed E-state index contributed by atoms with van der Waals surface area (Å²) in [7, 11) is 3.92. The maximum absolute atomic E-state index is 11.3. The number of hydrogen-bond acceptors (Lipinski definition) is 3. The van der Waals surface area contributed by atoms with Gasteiger partial charge in [-0.05, 0) is 7.05 Å². The lowest BCUT2D eigenvalue weighted by atomic mass is 10.2. The number of morpholine rings is 1. The van der Waals surface area contributed by atoms with Crippen LogP contribution in [-0.2, 0) is 9.53 Å². The third kappa shape index (κ3) is 3.27. The van der Waals surface area contributed by atoms with E-state index in [1.54, 1.807) is 4.90 Å². The van der Waals surface area contributed by atoms with Crippen LogP contribution in [0.15, 0.2) is 0 Å². The standard InChI is InChI=1S/C10H20N2O2/c1-4-10(13)12(3)8-9-7-11(2)5-6-14-9/h9H,4-8H2,1-3H3. The monoisotopic (exact) mass is 200 g/mol. The molecule has 0 spiro atoms. The zero-order valence-corrected chi connectivity index (χ0v) is 9.32. The molecule has 1 aliphatic heterocycles. The maximum atomic E-state index is 11.3. The lowest BCUT2D eigenvalue weighted by molar-refractivity contribution is -0.132. The number of ether oxygens (including phenoxy) is 1. The van der Waals surface area contributed by atoms with E-state index < -0.39 is 0 Å². The normalized spacial score (nSPS) is 23.5. The van der Waals surface area contributed by atoms with Crippen molar-refractivity contribution < 1.29 is 9.53 Å². The first-order chi connectivity index (χ1) is 6.63. The van der Waals surface area contributed by atoms with Crippen LogP contribution in [0.2, 0.25) is 0 Å². The average molecular weight is 200 g/mol. The molecule has 1 saturated heterocycles. The number of rotatable bonds is 3. The Labute approximate surface area is 85.8 Å². The highest BCUT2D eigenvalue weighted by Crippen LogP contribution is 2.04. The molecule has 0 aromatic rings. The molecule has 14 heavy (non-hydrogen) atoms. The third-order valence-electron chi connectivity index (χ3n) is 2.55. The minimum atomic E-state index is 0.175. The molecule has 1 atom stereocenters. The number of amides is 1. The molecule has 4 heteroatoms. The van der Waals surface area contributed by atoms with Crippen LogP contribution in [0.5, 0.6) is 0 Å². The molecule has 1 aliphatic rings. The number of carbonyl (C=O) groups excluding carboxylic acids is 1. The molecule has 1 unspecified atom stereocenters. The van der Waals surface area contributed by atoms with Crippen LogP contribution in [0, 0.1) is 0 Å². The van der Waals surface area contributed by atoms with E-state index in [9.17, 15) is 4.79 Å². The van der Waals surface area contributed by atoms with E-state index in [1.165, 1.54) is 0 Å². The van der Waals surface area contributed by atoms with Crippen molar-refractivity contribution in [2.45, 2.75) is 19.4 Å². The lowest BCUT2D eigenvalue weighted by Crippen LogP contribution is -2.46. The Morgan fingerprint density at radius 3 is 2.93 bits per heavy atom. The van der Waals surface area contributed by atoms with E-state index in [0.717, 1.165) is 19.7 Å². The molecule has 0 aromatic heterocycles. The van der Waals surface area contributed by atoms with Gasteiger partial charge in [0, 0.05) is 33.1 Å². The Morgan fingerprint density at radius 1 is 1.64 bits per heavy atom. The molecular weight excluding hydrogens is 180 g/mol. The van der Waals surface area contributed by atoms with Crippen LogP contribution in [-0.4, -0.2) is 62.1 Å². The van der Waals surface area contributed by atoms with Crippen molar-refractivity contribution in [3.63, 3.8) is 0 Å². The van der Waals surface area contributed by atoms with Gasteiger partial charge in [0.25, 0.3) is 0 Å². The van der Waals surface area contributed by atoms with Gasteiger partial charge in [0.1, 0.15) is 0 Å². The molecule has 82 valence electrons. The first-order valence-corrected chi connectivity index (χ1v) is 5.17. The first kappa shape index (κ1) is 11.5. The molecule has 1 fully saturated rings. The fraction of sp³-hybridized carbons (Fsp3) is 0.900. The molecule has 0 aromatic carbocycles. The molecule has 1 rings (SSSR count). The van der Waals surface area contributed by atoms with E-state index in [1.807, 2.05) is 14.0 Å². The van der Waals surface area contributed by atoms with Gasteiger partial charge in [-0.3, -0.25) is 4.79 Å². The van der Waals surface area contributed by atoms with Gasteiger partial charge in [0.2, 0.25) is 5.91 Å². The highest BCUT2D eigenvalue weighted by atomic mass is 16.5. The topological polar surface area (TPSA) is 32.8 Å². The third-order valence-corrected chi connectivity index (χ3v) is 2.55. The Kier molecular flexibility index (Phi) is 4.35. The number of hydrogen-bond donors (Lipinski definition) is 0. The van der Waals surface area contributed by atoms with Crippen molar-refractivity contribution in [3.8, 4) is 0 Å². The smallest absolute Gasteiger partial charge is 0.222 e. The van der Waals surface area contributed by atoms with E-state index >= 15 is 0 Å². The largest absolute Gasteiger partial charge is 0.374 e. The van der Waals surface area contributed by atoms with Crippen molar-refractivity contribution in [1.29, 1.82) is 0 Å². The van der Waals surface area contributed by atoms with Gasteiger partial charge in [-0.2, -0.15) is 0 Å². The van der Waals surface area contributed by atoms with Crippen LogP contribution in [0.3, 0.4) is 0 Å². The molecule has 4 nitrogen and oxygen atoms in total. The highest BCUT2D eigenvalue weighted by molar-refractivity contribution is 5.75. The SMILES string of the molecule is CCC(=O)N(C)CC1CN(C)CCO1. The van der Waals surface area contributed by atoms with Crippen molar-refractivity contribution in [2.24, 2.45) is 0 Å². The number of carbonyl (C=O) groups is 1. The summed E-state index contributed by atoms with van der Waals surface area (Å²) in [6, 6.07) is 0.